The molecule has 5 heteroatoms. The number of H-pyrrole nitrogens is 1. The molecule has 0 aliphatic heterocycles. The van der Waals surface area contributed by atoms with Crippen molar-refractivity contribution in [1.29, 1.82) is 0 Å². The van der Waals surface area contributed by atoms with Gasteiger partial charge in [0.15, 0.2) is 0 Å². The number of aromatic nitrogens is 2. The highest BCUT2D eigenvalue weighted by molar-refractivity contribution is 7.71. The van der Waals surface area contributed by atoms with Crippen molar-refractivity contribution < 1.29 is 9.47 Å². The number of benzene rings is 1. The van der Waals surface area contributed by atoms with E-state index in [-0.39, 0.29) is 0 Å². The lowest BCUT2D eigenvalue weighted by Crippen LogP contribution is -1.96. The summed E-state index contributed by atoms with van der Waals surface area (Å²) in [5.74, 6) is 2.16. The molecule has 2 aromatic rings. The van der Waals surface area contributed by atoms with Crippen molar-refractivity contribution in [2.75, 3.05) is 14.2 Å². The van der Waals surface area contributed by atoms with Gasteiger partial charge in [0.05, 0.1) is 14.2 Å². The third kappa shape index (κ3) is 3.12. The average molecular weight is 276 g/mol. The number of hydrogen-bond acceptors (Lipinski definition) is 4. The van der Waals surface area contributed by atoms with Gasteiger partial charge in [-0.3, -0.25) is 0 Å². The summed E-state index contributed by atoms with van der Waals surface area (Å²) in [6.45, 7) is 2.07. The molecule has 0 unspecified atom stereocenters. The van der Waals surface area contributed by atoms with Gasteiger partial charge in [-0.25, -0.2) is 4.98 Å². The molecule has 0 radical (unpaired) electrons. The lowest BCUT2D eigenvalue weighted by molar-refractivity contribution is 0.394. The van der Waals surface area contributed by atoms with Gasteiger partial charge >= 0.3 is 0 Å². The Labute approximate surface area is 117 Å². The van der Waals surface area contributed by atoms with Crippen LogP contribution in [0.1, 0.15) is 12.6 Å². The Bertz CT molecular complexity index is 615. The van der Waals surface area contributed by atoms with Crippen molar-refractivity contribution in [3.05, 3.63) is 34.6 Å². The Morgan fingerprint density at radius 1 is 1.11 bits per heavy atom. The first kappa shape index (κ1) is 13.5. The Hall–Kier alpha value is -1.88. The summed E-state index contributed by atoms with van der Waals surface area (Å²) in [5.41, 5.74) is 1.94. The molecule has 0 bridgehead atoms. The number of nitrogens with one attached hydrogen (secondary N) is 1. The minimum atomic E-state index is 0.576. The van der Waals surface area contributed by atoms with Gasteiger partial charge in [0.1, 0.15) is 22.0 Å². The number of ether oxygens (including phenoxy) is 2. The van der Waals surface area contributed by atoms with Gasteiger partial charge in [-0.1, -0.05) is 19.1 Å². The zero-order valence-corrected chi connectivity index (χ0v) is 12.0. The van der Waals surface area contributed by atoms with Crippen molar-refractivity contribution in [2.24, 2.45) is 0 Å². The fourth-order valence-electron chi connectivity index (χ4n) is 1.78. The van der Waals surface area contributed by atoms with Crippen LogP contribution in [0.5, 0.6) is 11.5 Å². The smallest absolute Gasteiger partial charge is 0.139 e. The fourth-order valence-corrected chi connectivity index (χ4v) is 2.01. The first-order valence-corrected chi connectivity index (χ1v) is 6.40. The van der Waals surface area contributed by atoms with Crippen LogP contribution in [0.2, 0.25) is 0 Å². The van der Waals surface area contributed by atoms with Crippen molar-refractivity contribution in [3.8, 4) is 22.9 Å². The van der Waals surface area contributed by atoms with E-state index >= 15 is 0 Å². The van der Waals surface area contributed by atoms with Crippen LogP contribution in [0.3, 0.4) is 0 Å². The summed E-state index contributed by atoms with van der Waals surface area (Å²) in [4.78, 5) is 7.62. The average Bonchev–Trinajstić information content (AvgIpc) is 2.45. The van der Waals surface area contributed by atoms with E-state index < -0.39 is 0 Å². The van der Waals surface area contributed by atoms with Gasteiger partial charge in [-0.2, -0.15) is 0 Å². The Kier molecular flexibility index (Phi) is 4.16. The zero-order chi connectivity index (χ0) is 13.8. The lowest BCUT2D eigenvalue weighted by Gasteiger charge is -2.09. The lowest BCUT2D eigenvalue weighted by atomic mass is 10.2. The van der Waals surface area contributed by atoms with Crippen molar-refractivity contribution in [2.45, 2.75) is 13.3 Å². The maximum atomic E-state index is 5.26. The normalized spacial score (nSPS) is 10.3. The fraction of sp³-hybridized carbons (Fsp3) is 0.286. The highest BCUT2D eigenvalue weighted by Gasteiger charge is 2.07. The molecule has 0 saturated carbocycles. The molecule has 1 N–H and O–H groups in total. The molecule has 19 heavy (non-hydrogen) atoms. The maximum Gasteiger partial charge on any atom is 0.139 e. The number of rotatable bonds is 4. The van der Waals surface area contributed by atoms with E-state index in [0.717, 1.165) is 35.0 Å². The second-order valence-electron chi connectivity index (χ2n) is 4.05. The van der Waals surface area contributed by atoms with Crippen molar-refractivity contribution in [3.63, 3.8) is 0 Å². The summed E-state index contributed by atoms with van der Waals surface area (Å²) in [6.07, 6.45) is 0.875. The second-order valence-corrected chi connectivity index (χ2v) is 4.47. The van der Waals surface area contributed by atoms with Crippen LogP contribution in [0.4, 0.5) is 0 Å². The van der Waals surface area contributed by atoms with Gasteiger partial charge in [0.25, 0.3) is 0 Å². The van der Waals surface area contributed by atoms with Gasteiger partial charge in [0, 0.05) is 17.3 Å². The molecule has 100 valence electrons. The molecule has 0 aliphatic carbocycles. The van der Waals surface area contributed by atoms with E-state index in [9.17, 15) is 0 Å². The largest absolute Gasteiger partial charge is 0.497 e. The molecule has 0 fully saturated rings. The Morgan fingerprint density at radius 3 is 2.26 bits per heavy atom. The third-order valence-corrected chi connectivity index (χ3v) is 3.01. The molecular weight excluding hydrogens is 260 g/mol. The number of aryl methyl sites for hydroxylation is 1. The van der Waals surface area contributed by atoms with Gasteiger partial charge in [0.2, 0.25) is 0 Å². The van der Waals surface area contributed by atoms with Crippen LogP contribution in [-0.2, 0) is 6.42 Å². The predicted octanol–water partition coefficient (Wildman–Crippen LogP) is 3.39. The first-order valence-electron chi connectivity index (χ1n) is 6.00. The second kappa shape index (κ2) is 5.84. The van der Waals surface area contributed by atoms with E-state index in [1.54, 1.807) is 14.2 Å². The minimum absolute atomic E-state index is 0.576. The monoisotopic (exact) mass is 276 g/mol. The van der Waals surface area contributed by atoms with E-state index in [1.807, 2.05) is 24.3 Å². The summed E-state index contributed by atoms with van der Waals surface area (Å²) in [7, 11) is 3.24. The molecule has 2 rings (SSSR count). The summed E-state index contributed by atoms with van der Waals surface area (Å²) in [6, 6.07) is 7.49. The van der Waals surface area contributed by atoms with E-state index in [2.05, 4.69) is 16.9 Å². The molecule has 4 nitrogen and oxygen atoms in total. The summed E-state index contributed by atoms with van der Waals surface area (Å²) in [5, 5.41) is 0. The molecule has 0 spiro atoms. The van der Waals surface area contributed by atoms with Gasteiger partial charge in [-0.15, -0.1) is 0 Å². The standard InChI is InChI=1S/C14H16N2O2S/c1-4-10-7-13(19)16-14(15-10)9-5-11(17-2)8-12(6-9)18-3/h5-8H,4H2,1-3H3,(H,15,16,19). The highest BCUT2D eigenvalue weighted by Crippen LogP contribution is 2.27. The van der Waals surface area contributed by atoms with E-state index in [1.165, 1.54) is 0 Å². The Balaban J connectivity index is 2.57. The molecule has 1 aromatic heterocycles. The predicted molar refractivity (Wildman–Crippen MR) is 77.3 cm³/mol. The van der Waals surface area contributed by atoms with Crippen LogP contribution in [0.25, 0.3) is 11.4 Å². The zero-order valence-electron chi connectivity index (χ0n) is 11.2. The number of nitrogens with zero attached hydrogens (tertiary/aromatic N) is 1. The minimum Gasteiger partial charge on any atom is -0.497 e. The molecule has 1 heterocycles. The number of aromatic amines is 1. The topological polar surface area (TPSA) is 47.1 Å². The molecule has 0 aliphatic rings. The summed E-state index contributed by atoms with van der Waals surface area (Å²) < 4.78 is 11.1. The van der Waals surface area contributed by atoms with Crippen molar-refractivity contribution >= 4 is 12.2 Å². The number of hydrogen-bond donors (Lipinski definition) is 1. The maximum absolute atomic E-state index is 5.26. The van der Waals surface area contributed by atoms with Crippen LogP contribution in [0.15, 0.2) is 24.3 Å². The quantitative estimate of drug-likeness (QED) is 0.870. The van der Waals surface area contributed by atoms with Crippen molar-refractivity contribution in [1.82, 2.24) is 9.97 Å². The van der Waals surface area contributed by atoms with Crippen LogP contribution in [-0.4, -0.2) is 24.2 Å². The molecular formula is C14H16N2O2S. The first-order chi connectivity index (χ1) is 9.16. The van der Waals surface area contributed by atoms with Crippen LogP contribution in [0, 0.1) is 4.64 Å². The third-order valence-electron chi connectivity index (χ3n) is 2.80. The van der Waals surface area contributed by atoms with Crippen LogP contribution >= 0.6 is 12.2 Å². The molecule has 0 saturated heterocycles. The van der Waals surface area contributed by atoms with Crippen LogP contribution < -0.4 is 9.47 Å². The summed E-state index contributed by atoms with van der Waals surface area (Å²) >= 11 is 5.18. The number of methoxy groups -OCH3 is 2. The van der Waals surface area contributed by atoms with E-state index in [0.29, 0.717) is 4.64 Å². The SMILES string of the molecule is CCc1cc(=S)nc(-c2cc(OC)cc(OC)c2)[nH]1. The van der Waals surface area contributed by atoms with Gasteiger partial charge < -0.3 is 14.5 Å². The molecule has 0 amide bonds. The molecule has 0 atom stereocenters. The Morgan fingerprint density at radius 2 is 1.74 bits per heavy atom. The molecule has 1 aromatic carbocycles. The van der Waals surface area contributed by atoms with Gasteiger partial charge in [-0.05, 0) is 24.6 Å². The highest BCUT2D eigenvalue weighted by atomic mass is 32.1. The van der Waals surface area contributed by atoms with E-state index in [4.69, 9.17) is 21.7 Å².